The van der Waals surface area contributed by atoms with Gasteiger partial charge in [-0.05, 0) is 59.2 Å². The molecule has 2 atom stereocenters. The van der Waals surface area contributed by atoms with Crippen molar-refractivity contribution in [1.29, 1.82) is 0 Å². The maximum atomic E-state index is 6.58. The van der Waals surface area contributed by atoms with Gasteiger partial charge >= 0.3 is 0 Å². The van der Waals surface area contributed by atoms with Crippen LogP contribution in [0.25, 0.3) is 0 Å². The van der Waals surface area contributed by atoms with Crippen molar-refractivity contribution in [2.75, 3.05) is 0 Å². The summed E-state index contributed by atoms with van der Waals surface area (Å²) < 4.78 is 3.05. The van der Waals surface area contributed by atoms with Gasteiger partial charge in [0, 0.05) is 19.5 Å². The average Bonchev–Trinajstić information content (AvgIpc) is 2.73. The van der Waals surface area contributed by atoms with E-state index in [1.54, 1.807) is 0 Å². The second kappa shape index (κ2) is 5.93. The molecule has 0 bridgehead atoms. The summed E-state index contributed by atoms with van der Waals surface area (Å²) in [5, 5.41) is 4.47. The van der Waals surface area contributed by atoms with E-state index < -0.39 is 0 Å². The maximum Gasteiger partial charge on any atom is 0.0738 e. The van der Waals surface area contributed by atoms with E-state index in [1.807, 2.05) is 18.7 Å². The number of hydrogen-bond acceptors (Lipinski definition) is 2. The molecule has 112 valence electrons. The summed E-state index contributed by atoms with van der Waals surface area (Å²) in [4.78, 5) is 0. The van der Waals surface area contributed by atoms with Crippen LogP contribution < -0.4 is 5.73 Å². The Labute approximate surface area is 134 Å². The molecule has 2 aromatic rings. The molecule has 0 saturated carbocycles. The normalized spacial score (nSPS) is 19.3. The molecule has 3 nitrogen and oxygen atoms in total. The van der Waals surface area contributed by atoms with Crippen LogP contribution in [0.2, 0.25) is 0 Å². The van der Waals surface area contributed by atoms with Gasteiger partial charge in [0.1, 0.15) is 0 Å². The molecule has 2 unspecified atom stereocenters. The molecule has 1 aliphatic carbocycles. The third-order valence-electron chi connectivity index (χ3n) is 4.62. The lowest BCUT2D eigenvalue weighted by atomic mass is 9.78. The first-order valence-corrected chi connectivity index (χ1v) is 8.38. The van der Waals surface area contributed by atoms with Crippen molar-refractivity contribution in [3.8, 4) is 0 Å². The molecular formula is C17H22BrN3. The van der Waals surface area contributed by atoms with Crippen LogP contribution in [0.3, 0.4) is 0 Å². The Morgan fingerprint density at radius 1 is 1.43 bits per heavy atom. The average molecular weight is 348 g/mol. The van der Waals surface area contributed by atoms with E-state index >= 15 is 0 Å². The van der Waals surface area contributed by atoms with Crippen molar-refractivity contribution in [2.24, 2.45) is 12.8 Å². The molecule has 0 fully saturated rings. The van der Waals surface area contributed by atoms with Gasteiger partial charge in [0.05, 0.1) is 15.9 Å². The highest BCUT2D eigenvalue weighted by Gasteiger charge is 2.27. The molecule has 0 radical (unpaired) electrons. The van der Waals surface area contributed by atoms with E-state index in [4.69, 9.17) is 5.73 Å². The van der Waals surface area contributed by atoms with Gasteiger partial charge in [-0.2, -0.15) is 5.10 Å². The Bertz CT molecular complexity index is 647. The number of nitrogens with two attached hydrogens (primary N) is 1. The molecule has 2 N–H and O–H groups in total. The topological polar surface area (TPSA) is 43.8 Å². The zero-order chi connectivity index (χ0) is 15.0. The minimum Gasteiger partial charge on any atom is -0.327 e. The number of rotatable bonds is 3. The fourth-order valence-electron chi connectivity index (χ4n) is 3.50. The van der Waals surface area contributed by atoms with Gasteiger partial charge in [-0.25, -0.2) is 0 Å². The smallest absolute Gasteiger partial charge is 0.0738 e. The van der Waals surface area contributed by atoms with Gasteiger partial charge in [0.2, 0.25) is 0 Å². The summed E-state index contributed by atoms with van der Waals surface area (Å²) in [6, 6.07) is 8.90. The Hall–Kier alpha value is -1.13. The molecule has 1 aliphatic rings. The molecule has 4 heteroatoms. The Morgan fingerprint density at radius 2 is 2.19 bits per heavy atom. The summed E-state index contributed by atoms with van der Waals surface area (Å²) in [6.07, 6.45) is 4.47. The van der Waals surface area contributed by atoms with Crippen LogP contribution in [0.4, 0.5) is 0 Å². The Kier molecular flexibility index (Phi) is 4.18. The molecule has 1 heterocycles. The Morgan fingerprint density at radius 3 is 2.90 bits per heavy atom. The standard InChI is InChI=1S/C17H22BrN3/c1-11-17(18)16(21(2)20-11)10-15(19)14-9-5-7-12-6-3-4-8-13(12)14/h3-4,6,8,14-15H,5,7,9-10,19H2,1-2H3. The van der Waals surface area contributed by atoms with Gasteiger partial charge in [-0.3, -0.25) is 4.68 Å². The van der Waals surface area contributed by atoms with Crippen LogP contribution >= 0.6 is 15.9 Å². The number of fused-ring (bicyclic) bond motifs is 1. The number of benzene rings is 1. The first-order chi connectivity index (χ1) is 10.1. The predicted octanol–water partition coefficient (Wildman–Crippen LogP) is 3.48. The van der Waals surface area contributed by atoms with E-state index in [0.29, 0.717) is 5.92 Å². The van der Waals surface area contributed by atoms with Crippen molar-refractivity contribution in [1.82, 2.24) is 9.78 Å². The van der Waals surface area contributed by atoms with E-state index in [1.165, 1.54) is 36.1 Å². The maximum absolute atomic E-state index is 6.58. The van der Waals surface area contributed by atoms with Gasteiger partial charge in [0.15, 0.2) is 0 Å². The molecule has 3 rings (SSSR count). The highest BCUT2D eigenvalue weighted by molar-refractivity contribution is 9.10. The van der Waals surface area contributed by atoms with Crippen LogP contribution in [-0.2, 0) is 19.9 Å². The Balaban J connectivity index is 1.85. The zero-order valence-corrected chi connectivity index (χ0v) is 14.2. The zero-order valence-electron chi connectivity index (χ0n) is 12.6. The summed E-state index contributed by atoms with van der Waals surface area (Å²) in [5.74, 6) is 0.456. The molecule has 0 saturated heterocycles. The van der Waals surface area contributed by atoms with Crippen LogP contribution in [-0.4, -0.2) is 15.8 Å². The van der Waals surface area contributed by atoms with Crippen LogP contribution in [0.1, 0.15) is 41.3 Å². The van der Waals surface area contributed by atoms with Crippen molar-refractivity contribution in [3.63, 3.8) is 0 Å². The third-order valence-corrected chi connectivity index (χ3v) is 5.65. The van der Waals surface area contributed by atoms with E-state index in [-0.39, 0.29) is 6.04 Å². The molecule has 0 aliphatic heterocycles. The summed E-state index contributed by atoms with van der Waals surface area (Å²) in [6.45, 7) is 2.02. The highest BCUT2D eigenvalue weighted by atomic mass is 79.9. The van der Waals surface area contributed by atoms with Crippen molar-refractivity contribution >= 4 is 15.9 Å². The molecule has 21 heavy (non-hydrogen) atoms. The van der Waals surface area contributed by atoms with E-state index in [9.17, 15) is 0 Å². The van der Waals surface area contributed by atoms with Gasteiger partial charge in [-0.15, -0.1) is 0 Å². The lowest BCUT2D eigenvalue weighted by Crippen LogP contribution is -2.33. The second-order valence-electron chi connectivity index (χ2n) is 6.04. The molecule has 1 aromatic carbocycles. The lowest BCUT2D eigenvalue weighted by Gasteiger charge is -2.30. The number of hydrogen-bond donors (Lipinski definition) is 1. The monoisotopic (exact) mass is 347 g/mol. The molecule has 0 amide bonds. The number of nitrogens with zero attached hydrogens (tertiary/aromatic N) is 2. The van der Waals surface area contributed by atoms with Crippen molar-refractivity contribution in [3.05, 3.63) is 51.3 Å². The molecule has 0 spiro atoms. The number of aromatic nitrogens is 2. The third kappa shape index (κ3) is 2.79. The summed E-state index contributed by atoms with van der Waals surface area (Å²) in [7, 11) is 1.99. The first-order valence-electron chi connectivity index (χ1n) is 7.59. The second-order valence-corrected chi connectivity index (χ2v) is 6.83. The van der Waals surface area contributed by atoms with Gasteiger partial charge in [-0.1, -0.05) is 24.3 Å². The van der Waals surface area contributed by atoms with Crippen LogP contribution in [0.15, 0.2) is 28.7 Å². The van der Waals surface area contributed by atoms with Gasteiger partial charge < -0.3 is 5.73 Å². The van der Waals surface area contributed by atoms with E-state index in [0.717, 1.165) is 16.6 Å². The minimum absolute atomic E-state index is 0.137. The van der Waals surface area contributed by atoms with Gasteiger partial charge in [0.25, 0.3) is 0 Å². The quantitative estimate of drug-likeness (QED) is 0.923. The fraction of sp³-hybridized carbons (Fsp3) is 0.471. The number of aryl methyl sites for hydroxylation is 3. The largest absolute Gasteiger partial charge is 0.327 e. The molecular weight excluding hydrogens is 326 g/mol. The SMILES string of the molecule is Cc1nn(C)c(CC(N)C2CCCc3ccccc32)c1Br. The summed E-state index contributed by atoms with van der Waals surface area (Å²) >= 11 is 3.65. The summed E-state index contributed by atoms with van der Waals surface area (Å²) in [5.41, 5.74) is 11.7. The van der Waals surface area contributed by atoms with E-state index in [2.05, 4.69) is 45.3 Å². The lowest BCUT2D eigenvalue weighted by molar-refractivity contribution is 0.451. The molecule has 1 aromatic heterocycles. The van der Waals surface area contributed by atoms with Crippen LogP contribution in [0, 0.1) is 6.92 Å². The van der Waals surface area contributed by atoms with Crippen molar-refractivity contribution in [2.45, 2.75) is 44.6 Å². The fourth-order valence-corrected chi connectivity index (χ4v) is 4.00. The first kappa shape index (κ1) is 14.8. The predicted molar refractivity (Wildman–Crippen MR) is 89.4 cm³/mol. The number of halogens is 1. The van der Waals surface area contributed by atoms with Crippen LogP contribution in [0.5, 0.6) is 0 Å². The van der Waals surface area contributed by atoms with Crippen molar-refractivity contribution < 1.29 is 0 Å². The highest BCUT2D eigenvalue weighted by Crippen LogP contribution is 2.35. The minimum atomic E-state index is 0.137.